The standard InChI is InChI=1S/C30H31FN6O2/c1-4-28(29-33-34-35-37(29)18-22-8-13-26(39-3)14-9-22)36(17-21-6-11-25(31)12-7-21)19-24-16-23-10-5-20(2)15-27(23)32-30(24)38/h5-16,28H,4,17-19H2,1-3H3,(H,32,38)/t28-/m0/s1. The summed E-state index contributed by atoms with van der Waals surface area (Å²) < 4.78 is 20.7. The molecular formula is C30H31FN6O2. The molecule has 0 aliphatic heterocycles. The van der Waals surface area contributed by atoms with E-state index < -0.39 is 0 Å². The van der Waals surface area contributed by atoms with Gasteiger partial charge in [0.1, 0.15) is 11.6 Å². The maximum atomic E-state index is 13.7. The van der Waals surface area contributed by atoms with Crippen molar-refractivity contribution in [1.29, 1.82) is 0 Å². The highest BCUT2D eigenvalue weighted by Gasteiger charge is 2.26. The monoisotopic (exact) mass is 526 g/mol. The third-order valence-corrected chi connectivity index (χ3v) is 6.93. The van der Waals surface area contributed by atoms with Gasteiger partial charge in [-0.2, -0.15) is 0 Å². The smallest absolute Gasteiger partial charge is 0.252 e. The zero-order valence-corrected chi connectivity index (χ0v) is 22.3. The second-order valence-electron chi connectivity index (χ2n) is 9.71. The Morgan fingerprint density at radius 1 is 1.00 bits per heavy atom. The fourth-order valence-corrected chi connectivity index (χ4v) is 4.87. The average molecular weight is 527 g/mol. The summed E-state index contributed by atoms with van der Waals surface area (Å²) in [5, 5.41) is 13.6. The van der Waals surface area contributed by atoms with E-state index in [1.807, 2.05) is 55.5 Å². The number of tetrazole rings is 1. The van der Waals surface area contributed by atoms with Gasteiger partial charge in [0.15, 0.2) is 5.82 Å². The molecule has 0 fully saturated rings. The second-order valence-corrected chi connectivity index (χ2v) is 9.71. The number of methoxy groups -OCH3 is 1. The van der Waals surface area contributed by atoms with Gasteiger partial charge in [-0.05, 0) is 82.2 Å². The van der Waals surface area contributed by atoms with Gasteiger partial charge in [0.2, 0.25) is 0 Å². The van der Waals surface area contributed by atoms with E-state index in [0.29, 0.717) is 37.4 Å². The topological polar surface area (TPSA) is 88.9 Å². The van der Waals surface area contributed by atoms with Crippen molar-refractivity contribution in [2.75, 3.05) is 7.11 Å². The maximum Gasteiger partial charge on any atom is 0.252 e. The highest BCUT2D eigenvalue weighted by atomic mass is 19.1. The first-order valence-corrected chi connectivity index (χ1v) is 12.9. The molecule has 1 N–H and O–H groups in total. The number of rotatable bonds is 10. The van der Waals surface area contributed by atoms with Crippen LogP contribution in [0.4, 0.5) is 4.39 Å². The number of halogens is 1. The number of aromatic amines is 1. The SMILES string of the molecule is CC[C@@H](c1nnnn1Cc1ccc(OC)cc1)N(Cc1ccc(F)cc1)Cc1cc2ccc(C)cc2[nH]c1=O. The number of aromatic nitrogens is 5. The number of ether oxygens (including phenoxy) is 1. The largest absolute Gasteiger partial charge is 0.497 e. The summed E-state index contributed by atoms with van der Waals surface area (Å²) in [6.07, 6.45) is 0.703. The number of hydrogen-bond acceptors (Lipinski definition) is 6. The van der Waals surface area contributed by atoms with E-state index in [2.05, 4.69) is 32.3 Å². The maximum absolute atomic E-state index is 13.7. The molecule has 9 heteroatoms. The van der Waals surface area contributed by atoms with Gasteiger partial charge in [-0.3, -0.25) is 9.69 Å². The van der Waals surface area contributed by atoms with E-state index in [1.54, 1.807) is 23.9 Å². The van der Waals surface area contributed by atoms with Gasteiger partial charge in [-0.25, -0.2) is 9.07 Å². The highest BCUT2D eigenvalue weighted by Crippen LogP contribution is 2.27. The number of pyridine rings is 1. The van der Waals surface area contributed by atoms with Crippen molar-refractivity contribution < 1.29 is 9.13 Å². The number of H-pyrrole nitrogens is 1. The summed E-state index contributed by atoms with van der Waals surface area (Å²) in [4.78, 5) is 18.4. The lowest BCUT2D eigenvalue weighted by Gasteiger charge is -2.30. The van der Waals surface area contributed by atoms with Gasteiger partial charge in [0, 0.05) is 24.2 Å². The quantitative estimate of drug-likeness (QED) is 0.270. The summed E-state index contributed by atoms with van der Waals surface area (Å²) >= 11 is 0. The molecule has 0 aliphatic rings. The van der Waals surface area contributed by atoms with Crippen LogP contribution in [0.2, 0.25) is 0 Å². The van der Waals surface area contributed by atoms with Crippen LogP contribution in [0.5, 0.6) is 5.75 Å². The zero-order valence-electron chi connectivity index (χ0n) is 22.3. The Hall–Kier alpha value is -4.37. The molecule has 39 heavy (non-hydrogen) atoms. The molecule has 0 spiro atoms. The Morgan fingerprint density at radius 2 is 1.74 bits per heavy atom. The van der Waals surface area contributed by atoms with Crippen molar-refractivity contribution in [3.63, 3.8) is 0 Å². The Balaban J connectivity index is 1.50. The van der Waals surface area contributed by atoms with Gasteiger partial charge < -0.3 is 9.72 Å². The molecule has 2 aromatic heterocycles. The number of aryl methyl sites for hydroxylation is 1. The summed E-state index contributed by atoms with van der Waals surface area (Å²) in [5.41, 5.74) is 4.36. The molecule has 0 amide bonds. The first kappa shape index (κ1) is 26.2. The third-order valence-electron chi connectivity index (χ3n) is 6.93. The van der Waals surface area contributed by atoms with Crippen molar-refractivity contribution in [1.82, 2.24) is 30.1 Å². The Morgan fingerprint density at radius 3 is 2.46 bits per heavy atom. The van der Waals surface area contributed by atoms with Gasteiger partial charge in [0.25, 0.3) is 5.56 Å². The van der Waals surface area contributed by atoms with Crippen LogP contribution in [-0.4, -0.2) is 37.2 Å². The lowest BCUT2D eigenvalue weighted by atomic mass is 10.1. The van der Waals surface area contributed by atoms with Crippen molar-refractivity contribution in [2.45, 2.75) is 45.9 Å². The minimum atomic E-state index is -0.290. The molecule has 1 atom stereocenters. The fourth-order valence-electron chi connectivity index (χ4n) is 4.87. The Labute approximate surface area is 226 Å². The normalized spacial score (nSPS) is 12.2. The van der Waals surface area contributed by atoms with E-state index in [4.69, 9.17) is 4.74 Å². The minimum absolute atomic E-state index is 0.134. The molecule has 0 unspecified atom stereocenters. The lowest BCUT2D eigenvalue weighted by Crippen LogP contribution is -2.32. The number of benzene rings is 3. The minimum Gasteiger partial charge on any atom is -0.497 e. The van der Waals surface area contributed by atoms with Crippen LogP contribution in [0.25, 0.3) is 10.9 Å². The number of nitrogens with one attached hydrogen (secondary N) is 1. The molecule has 5 rings (SSSR count). The first-order valence-electron chi connectivity index (χ1n) is 12.9. The molecule has 2 heterocycles. The van der Waals surface area contributed by atoms with E-state index in [9.17, 15) is 9.18 Å². The predicted octanol–water partition coefficient (Wildman–Crippen LogP) is 5.17. The summed E-state index contributed by atoms with van der Waals surface area (Å²) in [7, 11) is 1.64. The van der Waals surface area contributed by atoms with Crippen LogP contribution in [0.3, 0.4) is 0 Å². The second kappa shape index (κ2) is 11.6. The summed E-state index contributed by atoms with van der Waals surface area (Å²) in [5.74, 6) is 1.19. The van der Waals surface area contributed by atoms with Gasteiger partial charge in [-0.1, -0.05) is 43.3 Å². The molecule has 0 radical (unpaired) electrons. The van der Waals surface area contributed by atoms with Gasteiger partial charge >= 0.3 is 0 Å². The van der Waals surface area contributed by atoms with E-state index in [0.717, 1.165) is 33.3 Å². The molecular weight excluding hydrogens is 495 g/mol. The number of nitrogens with zero attached hydrogens (tertiary/aromatic N) is 5. The lowest BCUT2D eigenvalue weighted by molar-refractivity contribution is 0.161. The molecule has 0 aliphatic carbocycles. The van der Waals surface area contributed by atoms with Crippen LogP contribution >= 0.6 is 0 Å². The molecule has 0 bridgehead atoms. The Kier molecular flexibility index (Phi) is 7.79. The molecule has 3 aromatic carbocycles. The highest BCUT2D eigenvalue weighted by molar-refractivity contribution is 5.79. The van der Waals surface area contributed by atoms with Crippen molar-refractivity contribution >= 4 is 10.9 Å². The fraction of sp³-hybridized carbons (Fsp3) is 0.267. The van der Waals surface area contributed by atoms with Crippen LogP contribution in [0.1, 0.15) is 47.5 Å². The molecule has 200 valence electrons. The summed E-state index contributed by atoms with van der Waals surface area (Å²) in [6.45, 7) is 5.41. The van der Waals surface area contributed by atoms with Gasteiger partial charge in [-0.15, -0.1) is 5.10 Å². The van der Waals surface area contributed by atoms with Crippen LogP contribution in [-0.2, 0) is 19.6 Å². The molecule has 0 saturated carbocycles. The first-order chi connectivity index (χ1) is 18.9. The average Bonchev–Trinajstić information content (AvgIpc) is 3.39. The third kappa shape index (κ3) is 6.04. The van der Waals surface area contributed by atoms with E-state index >= 15 is 0 Å². The van der Waals surface area contributed by atoms with E-state index in [1.165, 1.54) is 12.1 Å². The van der Waals surface area contributed by atoms with E-state index in [-0.39, 0.29) is 17.4 Å². The van der Waals surface area contributed by atoms with Crippen LogP contribution in [0.15, 0.2) is 77.6 Å². The predicted molar refractivity (Wildman–Crippen MR) is 148 cm³/mol. The Bertz CT molecular complexity index is 1610. The van der Waals surface area contributed by atoms with Crippen LogP contribution in [0, 0.1) is 12.7 Å². The molecule has 0 saturated heterocycles. The van der Waals surface area contributed by atoms with Gasteiger partial charge in [0.05, 0.1) is 19.7 Å². The van der Waals surface area contributed by atoms with Crippen LogP contribution < -0.4 is 10.3 Å². The summed E-state index contributed by atoms with van der Waals surface area (Å²) in [6, 6.07) is 22.0. The van der Waals surface area contributed by atoms with Crippen molar-refractivity contribution in [2.24, 2.45) is 0 Å². The zero-order chi connectivity index (χ0) is 27.4. The molecule has 8 nitrogen and oxygen atoms in total. The van der Waals surface area contributed by atoms with Crippen molar-refractivity contribution in [3.05, 3.63) is 117 Å². The van der Waals surface area contributed by atoms with Crippen molar-refractivity contribution in [3.8, 4) is 5.75 Å². The number of fused-ring (bicyclic) bond motifs is 1. The molecule has 5 aromatic rings. The number of hydrogen-bond donors (Lipinski definition) is 1.